The van der Waals surface area contributed by atoms with Crippen LogP contribution in [0.25, 0.3) is 5.69 Å². The first-order valence-corrected chi connectivity index (χ1v) is 6.39. The van der Waals surface area contributed by atoms with Gasteiger partial charge in [-0.2, -0.15) is 5.10 Å². The predicted octanol–water partition coefficient (Wildman–Crippen LogP) is 2.65. The van der Waals surface area contributed by atoms with Gasteiger partial charge in [-0.3, -0.25) is 0 Å². The maximum Gasteiger partial charge on any atom is 0.376 e. The summed E-state index contributed by atoms with van der Waals surface area (Å²) < 4.78 is 20.3. The minimum Gasteiger partial charge on any atom is -0.460 e. The van der Waals surface area contributed by atoms with E-state index in [1.54, 1.807) is 26.0 Å². The number of nitrogens with zero attached hydrogens (tertiary/aromatic N) is 3. The molecular weight excluding hydrogens is 317 g/mol. The van der Waals surface area contributed by atoms with Gasteiger partial charge in [0.15, 0.2) is 5.82 Å². The highest BCUT2D eigenvalue weighted by Gasteiger charge is 2.21. The van der Waals surface area contributed by atoms with Crippen LogP contribution in [0.3, 0.4) is 0 Å². The van der Waals surface area contributed by atoms with Crippen LogP contribution in [-0.4, -0.2) is 27.3 Å². The van der Waals surface area contributed by atoms with Gasteiger partial charge in [0, 0.05) is 0 Å². The molecule has 0 N–H and O–H groups in total. The van der Waals surface area contributed by atoms with Crippen LogP contribution >= 0.6 is 15.9 Å². The molecule has 1 aromatic carbocycles. The Hall–Kier alpha value is -1.76. The molecule has 0 amide bonds. The summed E-state index contributed by atoms with van der Waals surface area (Å²) >= 11 is 3.09. The van der Waals surface area contributed by atoms with E-state index in [-0.39, 0.29) is 22.6 Å². The molecule has 100 valence electrons. The van der Waals surface area contributed by atoms with Crippen LogP contribution in [0.15, 0.2) is 22.7 Å². The van der Waals surface area contributed by atoms with E-state index in [9.17, 15) is 9.18 Å². The maximum absolute atomic E-state index is 14.0. The normalized spacial score (nSPS) is 10.5. The first kappa shape index (κ1) is 13.7. The Morgan fingerprint density at radius 1 is 1.53 bits per heavy atom. The highest BCUT2D eigenvalue weighted by Crippen LogP contribution is 2.22. The molecule has 1 heterocycles. The van der Waals surface area contributed by atoms with Gasteiger partial charge in [-0.25, -0.2) is 18.9 Å². The molecule has 0 aliphatic heterocycles. The number of rotatable bonds is 3. The van der Waals surface area contributed by atoms with Crippen molar-refractivity contribution < 1.29 is 13.9 Å². The van der Waals surface area contributed by atoms with Gasteiger partial charge in [0.2, 0.25) is 5.82 Å². The number of hydrogen-bond donors (Lipinski definition) is 0. The minimum absolute atomic E-state index is 0.0450. The van der Waals surface area contributed by atoms with Crippen molar-refractivity contribution in [3.8, 4) is 5.69 Å². The Morgan fingerprint density at radius 2 is 2.26 bits per heavy atom. The van der Waals surface area contributed by atoms with Crippen molar-refractivity contribution in [1.82, 2.24) is 14.8 Å². The number of hydrogen-bond acceptors (Lipinski definition) is 4. The zero-order valence-electron chi connectivity index (χ0n) is 10.4. The largest absolute Gasteiger partial charge is 0.460 e. The first-order chi connectivity index (χ1) is 9.04. The summed E-state index contributed by atoms with van der Waals surface area (Å²) in [5, 5.41) is 4.03. The van der Waals surface area contributed by atoms with E-state index in [2.05, 4.69) is 26.0 Å². The van der Waals surface area contributed by atoms with Crippen molar-refractivity contribution in [2.24, 2.45) is 0 Å². The van der Waals surface area contributed by atoms with E-state index in [1.807, 2.05) is 0 Å². The van der Waals surface area contributed by atoms with Gasteiger partial charge in [0.25, 0.3) is 0 Å². The lowest BCUT2D eigenvalue weighted by molar-refractivity contribution is 0.0508. The van der Waals surface area contributed by atoms with Gasteiger partial charge in [-0.05, 0) is 41.9 Å². The summed E-state index contributed by atoms with van der Waals surface area (Å²) in [6.07, 6.45) is 0. The molecule has 1 aromatic heterocycles. The Kier molecular flexibility index (Phi) is 3.94. The number of carbonyl (C=O) groups excluding carboxylic acids is 1. The molecular formula is C12H11BrFN3O2. The molecule has 19 heavy (non-hydrogen) atoms. The summed E-state index contributed by atoms with van der Waals surface area (Å²) in [6.45, 7) is 3.52. The fraction of sp³-hybridized carbons (Fsp3) is 0.250. The van der Waals surface area contributed by atoms with Crippen LogP contribution in [0.2, 0.25) is 0 Å². The highest BCUT2D eigenvalue weighted by atomic mass is 79.9. The number of aryl methyl sites for hydroxylation is 1. The van der Waals surface area contributed by atoms with Crippen LogP contribution in [0.5, 0.6) is 0 Å². The molecule has 0 atom stereocenters. The molecule has 0 fully saturated rings. The smallest absolute Gasteiger partial charge is 0.376 e. The molecule has 0 spiro atoms. The summed E-state index contributed by atoms with van der Waals surface area (Å²) in [5.41, 5.74) is 0.137. The van der Waals surface area contributed by atoms with Crippen LogP contribution in [0, 0.1) is 12.7 Å². The maximum atomic E-state index is 14.0. The van der Waals surface area contributed by atoms with Crippen LogP contribution in [0.1, 0.15) is 23.4 Å². The number of benzene rings is 1. The fourth-order valence-corrected chi connectivity index (χ4v) is 1.92. The average Bonchev–Trinajstić information content (AvgIpc) is 2.75. The second-order valence-electron chi connectivity index (χ2n) is 3.69. The Bertz CT molecular complexity index is 627. The lowest BCUT2D eigenvalue weighted by Gasteiger charge is -2.07. The van der Waals surface area contributed by atoms with E-state index in [0.717, 1.165) is 4.68 Å². The Morgan fingerprint density at radius 3 is 2.95 bits per heavy atom. The molecule has 5 nitrogen and oxygen atoms in total. The number of ether oxygens (including phenoxy) is 1. The topological polar surface area (TPSA) is 57.0 Å². The van der Waals surface area contributed by atoms with Crippen molar-refractivity contribution in [1.29, 1.82) is 0 Å². The summed E-state index contributed by atoms with van der Waals surface area (Å²) in [5.74, 6) is -0.834. The van der Waals surface area contributed by atoms with Crippen molar-refractivity contribution in [2.45, 2.75) is 13.8 Å². The van der Waals surface area contributed by atoms with Crippen molar-refractivity contribution in [3.63, 3.8) is 0 Å². The Labute approximate surface area is 117 Å². The molecule has 0 radical (unpaired) electrons. The van der Waals surface area contributed by atoms with E-state index in [1.165, 1.54) is 6.07 Å². The predicted molar refractivity (Wildman–Crippen MR) is 69.7 cm³/mol. The third kappa shape index (κ3) is 2.65. The fourth-order valence-electron chi connectivity index (χ4n) is 1.57. The number of esters is 1. The van der Waals surface area contributed by atoms with E-state index >= 15 is 0 Å². The average molecular weight is 328 g/mol. The van der Waals surface area contributed by atoms with Crippen LogP contribution in [0.4, 0.5) is 4.39 Å². The van der Waals surface area contributed by atoms with Gasteiger partial charge in [-0.15, -0.1) is 0 Å². The molecule has 2 rings (SSSR count). The lowest BCUT2D eigenvalue weighted by Crippen LogP contribution is -2.14. The monoisotopic (exact) mass is 327 g/mol. The van der Waals surface area contributed by atoms with E-state index in [4.69, 9.17) is 4.74 Å². The number of aromatic nitrogens is 3. The zero-order chi connectivity index (χ0) is 14.0. The number of halogens is 2. The second-order valence-corrected chi connectivity index (χ2v) is 4.54. The quantitative estimate of drug-likeness (QED) is 0.813. The summed E-state index contributed by atoms with van der Waals surface area (Å²) in [4.78, 5) is 15.7. The zero-order valence-corrected chi connectivity index (χ0v) is 11.9. The van der Waals surface area contributed by atoms with Crippen molar-refractivity contribution in [3.05, 3.63) is 40.1 Å². The highest BCUT2D eigenvalue weighted by molar-refractivity contribution is 9.10. The van der Waals surface area contributed by atoms with E-state index < -0.39 is 11.8 Å². The van der Waals surface area contributed by atoms with Crippen LogP contribution in [-0.2, 0) is 4.74 Å². The van der Waals surface area contributed by atoms with Crippen molar-refractivity contribution >= 4 is 21.9 Å². The van der Waals surface area contributed by atoms with Gasteiger partial charge in [0.1, 0.15) is 11.5 Å². The SMILES string of the molecule is CCOC(=O)c1nc(C)nn1-c1cccc(Br)c1F. The molecule has 0 saturated heterocycles. The van der Waals surface area contributed by atoms with Gasteiger partial charge in [-0.1, -0.05) is 6.07 Å². The third-order valence-electron chi connectivity index (χ3n) is 2.33. The molecule has 0 aliphatic carbocycles. The molecule has 0 bridgehead atoms. The molecule has 0 saturated carbocycles. The minimum atomic E-state index is -0.637. The standard InChI is InChI=1S/C12H11BrFN3O2/c1-3-19-12(18)11-15-7(2)16-17(11)9-6-4-5-8(13)10(9)14/h4-6H,3H2,1-2H3. The number of carbonyl (C=O) groups is 1. The summed E-state index contributed by atoms with van der Waals surface area (Å²) in [7, 11) is 0. The molecule has 0 aliphatic rings. The van der Waals surface area contributed by atoms with Gasteiger partial charge < -0.3 is 4.74 Å². The lowest BCUT2D eigenvalue weighted by atomic mass is 10.3. The van der Waals surface area contributed by atoms with Crippen molar-refractivity contribution in [2.75, 3.05) is 6.61 Å². The molecule has 7 heteroatoms. The van der Waals surface area contributed by atoms with Gasteiger partial charge in [0.05, 0.1) is 11.1 Å². The van der Waals surface area contributed by atoms with Gasteiger partial charge >= 0.3 is 5.97 Å². The van der Waals surface area contributed by atoms with E-state index in [0.29, 0.717) is 5.82 Å². The first-order valence-electron chi connectivity index (χ1n) is 5.59. The summed E-state index contributed by atoms with van der Waals surface area (Å²) in [6, 6.07) is 4.72. The van der Waals surface area contributed by atoms with Crippen LogP contribution < -0.4 is 0 Å². The molecule has 2 aromatic rings. The third-order valence-corrected chi connectivity index (χ3v) is 2.94. The second kappa shape index (κ2) is 5.48. The molecule has 0 unspecified atom stereocenters. The Balaban J connectivity index is 2.56.